The zero-order chi connectivity index (χ0) is 12.1. The molecule has 3 nitrogen and oxygen atoms in total. The molecule has 1 unspecified atom stereocenters. The average Bonchev–Trinajstić information content (AvgIpc) is 2.73. The first kappa shape index (κ1) is 13.5. The molecule has 1 N–H and O–H groups in total. The van der Waals surface area contributed by atoms with Crippen molar-refractivity contribution in [1.82, 2.24) is 4.98 Å². The fraction of sp³-hybridized carbons (Fsp3) is 0.750. The summed E-state index contributed by atoms with van der Waals surface area (Å²) in [6.45, 7) is 10.6. The van der Waals surface area contributed by atoms with Crippen molar-refractivity contribution in [2.75, 3.05) is 18.0 Å². The Kier molecular flexibility index (Phi) is 5.22. The maximum absolute atomic E-state index is 9.36. The highest BCUT2D eigenvalue weighted by atomic mass is 32.1. The van der Waals surface area contributed by atoms with E-state index in [1.807, 2.05) is 0 Å². The van der Waals surface area contributed by atoms with E-state index in [9.17, 15) is 5.11 Å². The fourth-order valence-electron chi connectivity index (χ4n) is 1.67. The van der Waals surface area contributed by atoms with Crippen LogP contribution in [0.25, 0.3) is 0 Å². The highest BCUT2D eigenvalue weighted by Gasteiger charge is 2.17. The molecular formula is C12H22N2OS. The highest BCUT2D eigenvalue weighted by molar-refractivity contribution is 7.15. The molecule has 0 radical (unpaired) electrons. The van der Waals surface area contributed by atoms with Crippen LogP contribution in [0, 0.1) is 0 Å². The molecule has 0 bridgehead atoms. The number of aromatic nitrogens is 1. The maximum Gasteiger partial charge on any atom is 0.185 e. The summed E-state index contributed by atoms with van der Waals surface area (Å²) in [5, 5.41) is 10.4. The first-order valence-corrected chi connectivity index (χ1v) is 6.84. The van der Waals surface area contributed by atoms with Gasteiger partial charge in [0, 0.05) is 13.1 Å². The van der Waals surface area contributed by atoms with Crippen LogP contribution in [0.2, 0.25) is 0 Å². The standard InChI is InChI=1S/C12H22N2OS/c1-5-9(4)11-10(8-15)16-12(13-11)14(6-2)7-3/h9,15H,5-8H2,1-4H3. The van der Waals surface area contributed by atoms with Gasteiger partial charge < -0.3 is 10.0 Å². The van der Waals surface area contributed by atoms with Gasteiger partial charge in [-0.05, 0) is 26.2 Å². The predicted molar refractivity (Wildman–Crippen MR) is 70.3 cm³/mol. The number of aliphatic hydroxyl groups is 1. The van der Waals surface area contributed by atoms with Crippen LogP contribution in [-0.2, 0) is 6.61 Å². The van der Waals surface area contributed by atoms with E-state index in [1.165, 1.54) is 0 Å². The molecule has 0 aliphatic heterocycles. The number of hydrogen-bond acceptors (Lipinski definition) is 4. The van der Waals surface area contributed by atoms with Crippen LogP contribution in [0.3, 0.4) is 0 Å². The Morgan fingerprint density at radius 2 is 1.94 bits per heavy atom. The molecule has 92 valence electrons. The van der Waals surface area contributed by atoms with E-state index < -0.39 is 0 Å². The summed E-state index contributed by atoms with van der Waals surface area (Å²) in [4.78, 5) is 7.93. The van der Waals surface area contributed by atoms with E-state index in [-0.39, 0.29) is 6.61 Å². The van der Waals surface area contributed by atoms with Gasteiger partial charge in [-0.1, -0.05) is 25.2 Å². The minimum atomic E-state index is 0.110. The van der Waals surface area contributed by atoms with E-state index in [0.29, 0.717) is 5.92 Å². The number of nitrogens with zero attached hydrogens (tertiary/aromatic N) is 2. The van der Waals surface area contributed by atoms with Gasteiger partial charge in [0.25, 0.3) is 0 Å². The first-order valence-electron chi connectivity index (χ1n) is 6.03. The smallest absolute Gasteiger partial charge is 0.185 e. The predicted octanol–water partition coefficient (Wildman–Crippen LogP) is 3.00. The van der Waals surface area contributed by atoms with E-state index in [0.717, 1.165) is 35.2 Å². The van der Waals surface area contributed by atoms with Crippen molar-refractivity contribution in [2.45, 2.75) is 46.6 Å². The molecule has 1 aromatic heterocycles. The Morgan fingerprint density at radius 1 is 1.31 bits per heavy atom. The van der Waals surface area contributed by atoms with Crippen LogP contribution >= 0.6 is 11.3 Å². The molecule has 16 heavy (non-hydrogen) atoms. The van der Waals surface area contributed by atoms with Gasteiger partial charge in [0.15, 0.2) is 5.13 Å². The van der Waals surface area contributed by atoms with Crippen LogP contribution in [0.5, 0.6) is 0 Å². The topological polar surface area (TPSA) is 36.4 Å². The molecule has 0 saturated carbocycles. The normalized spacial score (nSPS) is 12.8. The van der Waals surface area contributed by atoms with Gasteiger partial charge in [-0.25, -0.2) is 4.98 Å². The summed E-state index contributed by atoms with van der Waals surface area (Å²) < 4.78 is 0. The van der Waals surface area contributed by atoms with Crippen LogP contribution in [0.4, 0.5) is 5.13 Å². The number of thiazole rings is 1. The summed E-state index contributed by atoms with van der Waals surface area (Å²) in [6.07, 6.45) is 1.06. The lowest BCUT2D eigenvalue weighted by Gasteiger charge is -2.16. The number of hydrogen-bond donors (Lipinski definition) is 1. The number of anilines is 1. The Labute approximate surface area is 102 Å². The van der Waals surface area contributed by atoms with Gasteiger partial charge in [0.05, 0.1) is 17.2 Å². The summed E-state index contributed by atoms with van der Waals surface area (Å²) in [6, 6.07) is 0. The van der Waals surface area contributed by atoms with Crippen LogP contribution in [-0.4, -0.2) is 23.2 Å². The lowest BCUT2D eigenvalue weighted by atomic mass is 10.0. The molecule has 0 saturated heterocycles. The Morgan fingerprint density at radius 3 is 2.38 bits per heavy atom. The van der Waals surface area contributed by atoms with Gasteiger partial charge >= 0.3 is 0 Å². The monoisotopic (exact) mass is 242 g/mol. The van der Waals surface area contributed by atoms with Gasteiger partial charge in [0.1, 0.15) is 0 Å². The third-order valence-corrected chi connectivity index (χ3v) is 4.09. The molecule has 1 rings (SSSR count). The summed E-state index contributed by atoms with van der Waals surface area (Å²) in [5.74, 6) is 0.433. The van der Waals surface area contributed by atoms with Crippen molar-refractivity contribution in [2.24, 2.45) is 0 Å². The second-order valence-electron chi connectivity index (χ2n) is 3.94. The van der Waals surface area contributed by atoms with Crippen LogP contribution < -0.4 is 4.90 Å². The first-order chi connectivity index (χ1) is 7.67. The largest absolute Gasteiger partial charge is 0.391 e. The highest BCUT2D eigenvalue weighted by Crippen LogP contribution is 2.31. The third-order valence-electron chi connectivity index (χ3n) is 2.97. The average molecular weight is 242 g/mol. The van der Waals surface area contributed by atoms with Crippen molar-refractivity contribution in [1.29, 1.82) is 0 Å². The minimum Gasteiger partial charge on any atom is -0.391 e. The number of aliphatic hydroxyl groups excluding tert-OH is 1. The lowest BCUT2D eigenvalue weighted by Crippen LogP contribution is -2.21. The second kappa shape index (κ2) is 6.21. The molecule has 4 heteroatoms. The SMILES string of the molecule is CCC(C)c1nc(N(CC)CC)sc1CO. The molecule has 0 aliphatic rings. The van der Waals surface area contributed by atoms with Gasteiger partial charge in [0.2, 0.25) is 0 Å². The van der Waals surface area contributed by atoms with Gasteiger partial charge in [-0.2, -0.15) is 0 Å². The molecular weight excluding hydrogens is 220 g/mol. The molecule has 1 heterocycles. The van der Waals surface area contributed by atoms with Crippen molar-refractivity contribution in [3.05, 3.63) is 10.6 Å². The quantitative estimate of drug-likeness (QED) is 0.833. The molecule has 1 atom stereocenters. The lowest BCUT2D eigenvalue weighted by molar-refractivity contribution is 0.283. The molecule has 0 aliphatic carbocycles. The van der Waals surface area contributed by atoms with E-state index in [4.69, 9.17) is 0 Å². The minimum absolute atomic E-state index is 0.110. The summed E-state index contributed by atoms with van der Waals surface area (Å²) in [7, 11) is 0. The zero-order valence-corrected chi connectivity index (χ0v) is 11.5. The zero-order valence-electron chi connectivity index (χ0n) is 10.7. The van der Waals surface area contributed by atoms with Crippen LogP contribution in [0.15, 0.2) is 0 Å². The fourth-order valence-corrected chi connectivity index (χ4v) is 2.84. The van der Waals surface area contributed by atoms with Gasteiger partial charge in [-0.3, -0.25) is 0 Å². The molecule has 0 fully saturated rings. The second-order valence-corrected chi connectivity index (χ2v) is 5.01. The molecule has 1 aromatic rings. The summed E-state index contributed by atoms with van der Waals surface area (Å²) >= 11 is 1.63. The van der Waals surface area contributed by atoms with Crippen LogP contribution in [0.1, 0.15) is 50.6 Å². The molecule has 0 spiro atoms. The van der Waals surface area contributed by atoms with Gasteiger partial charge in [-0.15, -0.1) is 0 Å². The maximum atomic E-state index is 9.36. The third kappa shape index (κ3) is 2.74. The van der Waals surface area contributed by atoms with Crippen molar-refractivity contribution < 1.29 is 5.11 Å². The Bertz CT molecular complexity index is 321. The van der Waals surface area contributed by atoms with Crippen molar-refractivity contribution in [3.8, 4) is 0 Å². The van der Waals surface area contributed by atoms with Crippen molar-refractivity contribution in [3.63, 3.8) is 0 Å². The Hall–Kier alpha value is -0.610. The van der Waals surface area contributed by atoms with Crippen molar-refractivity contribution >= 4 is 16.5 Å². The molecule has 0 aromatic carbocycles. The Balaban J connectivity index is 3.01. The van der Waals surface area contributed by atoms with E-state index in [2.05, 4.69) is 37.6 Å². The number of rotatable bonds is 6. The molecule has 0 amide bonds. The van der Waals surface area contributed by atoms with E-state index in [1.54, 1.807) is 11.3 Å². The summed E-state index contributed by atoms with van der Waals surface area (Å²) in [5.41, 5.74) is 1.08. The van der Waals surface area contributed by atoms with E-state index >= 15 is 0 Å².